The van der Waals surface area contributed by atoms with Gasteiger partial charge in [0.1, 0.15) is 22.8 Å². The molecular formula is C12H11F4NO3S. The number of sulfone groups is 1. The van der Waals surface area contributed by atoms with Gasteiger partial charge in [-0.1, -0.05) is 6.07 Å². The lowest BCUT2D eigenvalue weighted by Crippen LogP contribution is -2.33. The Labute approximate surface area is 118 Å². The number of benzene rings is 1. The Morgan fingerprint density at radius 2 is 1.71 bits per heavy atom. The molecule has 0 fully saturated rings. The van der Waals surface area contributed by atoms with Crippen molar-refractivity contribution in [2.45, 2.75) is 24.7 Å². The second-order valence-corrected chi connectivity index (χ2v) is 6.89. The fourth-order valence-corrected chi connectivity index (χ4v) is 3.07. The normalized spacial score (nSPS) is 18.3. The van der Waals surface area contributed by atoms with E-state index in [1.165, 1.54) is 13.8 Å². The van der Waals surface area contributed by atoms with Gasteiger partial charge in [0.05, 0.1) is 0 Å². The summed E-state index contributed by atoms with van der Waals surface area (Å²) < 4.78 is 79.1. The van der Waals surface area contributed by atoms with Crippen molar-refractivity contribution >= 4 is 9.84 Å². The van der Waals surface area contributed by atoms with E-state index in [1.807, 2.05) is 5.48 Å². The van der Waals surface area contributed by atoms with Crippen molar-refractivity contribution in [2.75, 3.05) is 0 Å². The van der Waals surface area contributed by atoms with Gasteiger partial charge in [0.2, 0.25) is 0 Å². The van der Waals surface area contributed by atoms with Crippen molar-refractivity contribution in [1.82, 2.24) is 5.48 Å². The van der Waals surface area contributed by atoms with Gasteiger partial charge in [0.25, 0.3) is 9.84 Å². The van der Waals surface area contributed by atoms with Crippen LogP contribution in [0.2, 0.25) is 0 Å². The van der Waals surface area contributed by atoms with Crippen LogP contribution in [-0.4, -0.2) is 14.0 Å². The molecule has 0 saturated carbocycles. The highest BCUT2D eigenvalue weighted by atomic mass is 32.2. The Hall–Kier alpha value is -1.61. The van der Waals surface area contributed by atoms with Crippen LogP contribution in [0.4, 0.5) is 17.6 Å². The molecule has 1 aromatic rings. The molecule has 1 aliphatic heterocycles. The highest BCUT2D eigenvalue weighted by Gasteiger charge is 2.54. The zero-order valence-corrected chi connectivity index (χ0v) is 11.8. The lowest BCUT2D eigenvalue weighted by atomic mass is 10.1. The fraction of sp³-hybridized carbons (Fsp3) is 0.333. The second kappa shape index (κ2) is 4.70. The number of alkyl halides is 2. The van der Waals surface area contributed by atoms with Crippen molar-refractivity contribution in [3.05, 3.63) is 46.5 Å². The molecule has 21 heavy (non-hydrogen) atoms. The van der Waals surface area contributed by atoms with Crippen LogP contribution in [0.1, 0.15) is 19.4 Å². The van der Waals surface area contributed by atoms with Crippen molar-refractivity contribution < 1.29 is 30.8 Å². The van der Waals surface area contributed by atoms with Gasteiger partial charge in [-0.2, -0.15) is 8.78 Å². The van der Waals surface area contributed by atoms with Crippen LogP contribution in [0.25, 0.3) is 0 Å². The summed E-state index contributed by atoms with van der Waals surface area (Å²) in [6.07, 6.45) is 0.898. The van der Waals surface area contributed by atoms with Gasteiger partial charge in [-0.3, -0.25) is 10.3 Å². The van der Waals surface area contributed by atoms with Gasteiger partial charge in [0, 0.05) is 0 Å². The van der Waals surface area contributed by atoms with Gasteiger partial charge >= 0.3 is 5.25 Å². The third-order valence-corrected chi connectivity index (χ3v) is 4.43. The first-order valence-electron chi connectivity index (χ1n) is 5.73. The molecule has 0 radical (unpaired) electrons. The summed E-state index contributed by atoms with van der Waals surface area (Å²) in [5, 5.41) is -5.73. The van der Waals surface area contributed by atoms with Crippen LogP contribution in [0.5, 0.6) is 0 Å². The van der Waals surface area contributed by atoms with E-state index in [1.54, 1.807) is 0 Å². The number of hydroxylamine groups is 1. The Kier molecular flexibility index (Phi) is 3.53. The largest absolute Gasteiger partial charge is 0.382 e. The van der Waals surface area contributed by atoms with Crippen molar-refractivity contribution in [1.29, 1.82) is 0 Å². The van der Waals surface area contributed by atoms with E-state index < -0.39 is 42.9 Å². The van der Waals surface area contributed by atoms with Crippen molar-refractivity contribution in [3.63, 3.8) is 0 Å². The standard InChI is InChI=1S/C12H11F4NO3S/c1-11(2)6-9(17-20-11)21(18,19)12(15,16)10-7(13)4-3-5-8(10)14/h3-6,17H,1-2H3. The van der Waals surface area contributed by atoms with Crippen LogP contribution in [0, 0.1) is 11.6 Å². The molecule has 0 amide bonds. The Morgan fingerprint density at radius 1 is 1.19 bits per heavy atom. The number of hydrogen-bond acceptors (Lipinski definition) is 4. The third-order valence-electron chi connectivity index (χ3n) is 2.77. The van der Waals surface area contributed by atoms with E-state index in [-0.39, 0.29) is 0 Å². The minimum atomic E-state index is -5.40. The molecule has 0 aliphatic carbocycles. The van der Waals surface area contributed by atoms with Crippen LogP contribution in [0.3, 0.4) is 0 Å². The van der Waals surface area contributed by atoms with Gasteiger partial charge in [-0.25, -0.2) is 17.2 Å². The molecule has 0 atom stereocenters. The molecule has 116 valence electrons. The number of rotatable bonds is 3. The maximum absolute atomic E-state index is 14.2. The Bertz CT molecular complexity index is 693. The van der Waals surface area contributed by atoms with Crippen LogP contribution in [0.15, 0.2) is 29.3 Å². The van der Waals surface area contributed by atoms with E-state index in [0.29, 0.717) is 12.1 Å². The van der Waals surface area contributed by atoms with E-state index in [2.05, 4.69) is 0 Å². The Morgan fingerprint density at radius 3 is 2.14 bits per heavy atom. The van der Waals surface area contributed by atoms with Crippen LogP contribution in [-0.2, 0) is 19.9 Å². The van der Waals surface area contributed by atoms with Gasteiger partial charge < -0.3 is 0 Å². The number of hydrogen-bond donors (Lipinski definition) is 1. The molecule has 1 aliphatic rings. The average Bonchev–Trinajstić information content (AvgIpc) is 2.69. The van der Waals surface area contributed by atoms with Gasteiger partial charge in [-0.05, 0) is 32.1 Å². The smallest absolute Gasteiger partial charge is 0.265 e. The van der Waals surface area contributed by atoms with Gasteiger partial charge in [-0.15, -0.1) is 0 Å². The highest BCUT2D eigenvalue weighted by molar-refractivity contribution is 7.95. The molecular weight excluding hydrogens is 314 g/mol. The zero-order chi connectivity index (χ0) is 16.1. The first-order valence-corrected chi connectivity index (χ1v) is 7.21. The zero-order valence-electron chi connectivity index (χ0n) is 11.0. The summed E-state index contributed by atoms with van der Waals surface area (Å²) in [5.41, 5.74) is -1.12. The van der Waals surface area contributed by atoms with Crippen LogP contribution >= 0.6 is 0 Å². The molecule has 0 aromatic heterocycles. The molecule has 0 bridgehead atoms. The topological polar surface area (TPSA) is 55.4 Å². The predicted octanol–water partition coefficient (Wildman–Crippen LogP) is 2.58. The number of nitrogens with one attached hydrogen (secondary N) is 1. The lowest BCUT2D eigenvalue weighted by molar-refractivity contribution is -0.0137. The molecule has 0 saturated heterocycles. The summed E-state index contributed by atoms with van der Waals surface area (Å²) in [4.78, 5) is 4.79. The van der Waals surface area contributed by atoms with E-state index >= 15 is 0 Å². The maximum atomic E-state index is 14.2. The van der Waals surface area contributed by atoms with Crippen LogP contribution < -0.4 is 5.48 Å². The Balaban J connectivity index is 2.59. The first kappa shape index (κ1) is 15.8. The lowest BCUT2D eigenvalue weighted by Gasteiger charge is -2.18. The second-order valence-electron chi connectivity index (χ2n) is 4.93. The minimum absolute atomic E-state index is 0.554. The predicted molar refractivity (Wildman–Crippen MR) is 65.6 cm³/mol. The molecule has 1 aromatic carbocycles. The monoisotopic (exact) mass is 325 g/mol. The maximum Gasteiger partial charge on any atom is 0.382 e. The quantitative estimate of drug-likeness (QED) is 0.868. The van der Waals surface area contributed by atoms with E-state index in [4.69, 9.17) is 4.84 Å². The SMILES string of the molecule is CC1(C)C=C(S(=O)(=O)C(F)(F)c2c(F)cccc2F)NO1. The van der Waals surface area contributed by atoms with Crippen molar-refractivity contribution in [3.8, 4) is 0 Å². The summed E-state index contributed by atoms with van der Waals surface area (Å²) >= 11 is 0. The average molecular weight is 325 g/mol. The van der Waals surface area contributed by atoms with E-state index in [9.17, 15) is 26.0 Å². The molecule has 0 unspecified atom stereocenters. The molecule has 0 spiro atoms. The summed E-state index contributed by atoms with van der Waals surface area (Å²) in [6, 6.07) is 1.97. The summed E-state index contributed by atoms with van der Waals surface area (Å²) in [6.45, 7) is 2.84. The minimum Gasteiger partial charge on any atom is -0.265 e. The molecule has 1 N–H and O–H groups in total. The summed E-state index contributed by atoms with van der Waals surface area (Å²) in [5.74, 6) is -3.30. The van der Waals surface area contributed by atoms with Gasteiger partial charge in [0.15, 0.2) is 5.03 Å². The summed E-state index contributed by atoms with van der Waals surface area (Å²) in [7, 11) is -5.40. The van der Waals surface area contributed by atoms with E-state index in [0.717, 1.165) is 12.1 Å². The molecule has 9 heteroatoms. The number of halogens is 4. The molecule has 4 nitrogen and oxygen atoms in total. The highest BCUT2D eigenvalue weighted by Crippen LogP contribution is 2.41. The van der Waals surface area contributed by atoms with Crippen molar-refractivity contribution in [2.24, 2.45) is 0 Å². The third kappa shape index (κ3) is 2.51. The molecule has 1 heterocycles. The fourth-order valence-electron chi connectivity index (χ4n) is 1.74. The first-order chi connectivity index (χ1) is 9.49. The molecule has 2 rings (SSSR count).